The van der Waals surface area contributed by atoms with E-state index in [0.717, 1.165) is 24.1 Å². The van der Waals surface area contributed by atoms with Gasteiger partial charge in [0.2, 0.25) is 0 Å². The first-order valence-corrected chi connectivity index (χ1v) is 10.8. The molecule has 0 spiro atoms. The Balaban J connectivity index is 1.64. The molecule has 3 aromatic heterocycles. The lowest BCUT2D eigenvalue weighted by atomic mass is 10.2. The maximum Gasteiger partial charge on any atom is 0.165 e. The third-order valence-corrected chi connectivity index (χ3v) is 5.55. The zero-order chi connectivity index (χ0) is 22.1. The molecule has 9 heteroatoms. The van der Waals surface area contributed by atoms with Crippen molar-refractivity contribution in [1.82, 2.24) is 24.9 Å². The van der Waals surface area contributed by atoms with E-state index in [9.17, 15) is 0 Å². The highest BCUT2D eigenvalue weighted by Gasteiger charge is 2.20. The van der Waals surface area contributed by atoms with Crippen molar-refractivity contribution in [3.63, 3.8) is 0 Å². The molecule has 5 rings (SSSR count). The van der Waals surface area contributed by atoms with Crippen molar-refractivity contribution in [2.24, 2.45) is 5.10 Å². The molecule has 0 saturated heterocycles. The molecule has 1 saturated carbocycles. The van der Waals surface area contributed by atoms with Crippen molar-refractivity contribution in [2.45, 2.75) is 24.8 Å². The van der Waals surface area contributed by atoms with E-state index in [0.29, 0.717) is 46.0 Å². The van der Waals surface area contributed by atoms with Gasteiger partial charge in [0.05, 0.1) is 23.2 Å². The topological polar surface area (TPSA) is 118 Å². The maximum absolute atomic E-state index is 8.38. The average Bonchev–Trinajstić information content (AvgIpc) is 3.57. The molecule has 0 aliphatic heterocycles. The maximum atomic E-state index is 8.38. The fourth-order valence-electron chi connectivity index (χ4n) is 3.36. The summed E-state index contributed by atoms with van der Waals surface area (Å²) in [6, 6.07) is 15.6. The van der Waals surface area contributed by atoms with Gasteiger partial charge in [-0.3, -0.25) is 9.98 Å². The Labute approximate surface area is 189 Å². The quantitative estimate of drug-likeness (QED) is 0.227. The van der Waals surface area contributed by atoms with Gasteiger partial charge in [0.15, 0.2) is 11.5 Å². The highest BCUT2D eigenvalue weighted by molar-refractivity contribution is 6.36. The third kappa shape index (κ3) is 3.92. The van der Waals surface area contributed by atoms with Gasteiger partial charge in [0.25, 0.3) is 0 Å². The monoisotopic (exact) mass is 444 g/mol. The molecule has 1 aliphatic rings. The van der Waals surface area contributed by atoms with Crippen LogP contribution < -0.4 is 11.2 Å². The van der Waals surface area contributed by atoms with Gasteiger partial charge in [-0.05, 0) is 54.8 Å². The summed E-state index contributed by atoms with van der Waals surface area (Å²) in [5, 5.41) is 12.5. The Kier molecular flexibility index (Phi) is 5.28. The van der Waals surface area contributed by atoms with Crippen LogP contribution in [0.3, 0.4) is 0 Å². The van der Waals surface area contributed by atoms with Gasteiger partial charge in [-0.15, -0.1) is 11.6 Å². The number of nitrogens with one attached hydrogen (secondary N) is 2. The molecule has 0 amide bonds. The smallest absolute Gasteiger partial charge is 0.165 e. The van der Waals surface area contributed by atoms with Crippen molar-refractivity contribution in [1.29, 1.82) is 5.41 Å². The second-order valence-electron chi connectivity index (χ2n) is 7.62. The summed E-state index contributed by atoms with van der Waals surface area (Å²) >= 11 is 5.97. The number of nitrogen functional groups attached to an aromatic ring is 1. The van der Waals surface area contributed by atoms with Gasteiger partial charge >= 0.3 is 0 Å². The van der Waals surface area contributed by atoms with Crippen LogP contribution in [-0.4, -0.2) is 37.5 Å². The van der Waals surface area contributed by atoms with E-state index in [-0.39, 0.29) is 5.71 Å². The third-order valence-electron chi connectivity index (χ3n) is 5.24. The summed E-state index contributed by atoms with van der Waals surface area (Å²) in [7, 11) is 0. The number of pyridine rings is 2. The second-order valence-corrected chi connectivity index (χ2v) is 7.89. The summed E-state index contributed by atoms with van der Waals surface area (Å²) in [5.41, 5.74) is 13.8. The summed E-state index contributed by atoms with van der Waals surface area (Å²) in [6.07, 6.45) is 5.38. The molecule has 0 unspecified atom stereocenters. The van der Waals surface area contributed by atoms with Gasteiger partial charge in [-0.1, -0.05) is 12.1 Å². The van der Waals surface area contributed by atoms with Crippen LogP contribution in [-0.2, 0) is 5.88 Å². The molecular weight excluding hydrogens is 424 g/mol. The minimum absolute atomic E-state index is 0.215. The van der Waals surface area contributed by atoms with Gasteiger partial charge in [0.1, 0.15) is 11.3 Å². The fraction of sp³-hybridized carbons (Fsp3) is 0.174. The lowest BCUT2D eigenvalue weighted by molar-refractivity contribution is 0.742. The van der Waals surface area contributed by atoms with Gasteiger partial charge < -0.3 is 11.2 Å². The first-order valence-electron chi connectivity index (χ1n) is 10.3. The summed E-state index contributed by atoms with van der Waals surface area (Å²) in [4.78, 5) is 13.8. The van der Waals surface area contributed by atoms with Crippen LogP contribution in [0.15, 0.2) is 59.8 Å². The number of hydrazone groups is 1. The van der Waals surface area contributed by atoms with Crippen LogP contribution in [0.2, 0.25) is 0 Å². The highest BCUT2D eigenvalue weighted by Crippen LogP contribution is 2.30. The molecular formula is C23H21ClN8. The minimum atomic E-state index is 0.215. The van der Waals surface area contributed by atoms with Crippen LogP contribution in [0, 0.1) is 5.41 Å². The molecule has 8 nitrogen and oxygen atoms in total. The fourth-order valence-corrected chi connectivity index (χ4v) is 3.54. The predicted octanol–water partition coefficient (Wildman–Crippen LogP) is 3.91. The molecule has 4 aromatic rings. The molecule has 0 atom stereocenters. The molecule has 3 heterocycles. The Bertz CT molecular complexity index is 1320. The first-order chi connectivity index (χ1) is 15.6. The van der Waals surface area contributed by atoms with Crippen LogP contribution in [0.1, 0.15) is 24.1 Å². The van der Waals surface area contributed by atoms with Crippen molar-refractivity contribution >= 4 is 40.5 Å². The average molecular weight is 445 g/mol. The first kappa shape index (κ1) is 20.1. The van der Waals surface area contributed by atoms with E-state index in [4.69, 9.17) is 32.7 Å². The van der Waals surface area contributed by atoms with Crippen molar-refractivity contribution in [3.8, 4) is 17.1 Å². The molecule has 1 fully saturated rings. The molecule has 1 aromatic carbocycles. The number of rotatable bonds is 7. The Morgan fingerprint density at radius 1 is 1.19 bits per heavy atom. The number of hydrogen-bond donors (Lipinski definition) is 3. The molecule has 0 radical (unpaired) electrons. The number of hydrogen-bond acceptors (Lipinski definition) is 7. The normalized spacial score (nSPS) is 13.7. The lowest BCUT2D eigenvalue weighted by Crippen LogP contribution is -2.12. The number of imidazole rings is 1. The highest BCUT2D eigenvalue weighted by atomic mass is 35.5. The van der Waals surface area contributed by atoms with E-state index >= 15 is 0 Å². The zero-order valence-corrected chi connectivity index (χ0v) is 17.9. The van der Waals surface area contributed by atoms with Crippen LogP contribution in [0.4, 0.5) is 5.82 Å². The van der Waals surface area contributed by atoms with E-state index in [2.05, 4.69) is 15.5 Å². The number of halogens is 1. The number of aromatic nitrogens is 4. The van der Waals surface area contributed by atoms with E-state index < -0.39 is 0 Å². The Morgan fingerprint density at radius 3 is 2.72 bits per heavy atom. The standard InChI is InChI=1S/C23H21ClN8/c24-12-14-3-7-16(8-4-14)32-22(17-2-1-11-27-21(17)26)30-20-10-9-19(29-23(20)32)18(25)13-28-31-15-5-6-15/h1-4,7-11,13,15,25,31H,5-6,12H2,(H2,26,27)/b25-18?,28-13-. The second kappa shape index (κ2) is 8.39. The van der Waals surface area contributed by atoms with Gasteiger partial charge in [-0.2, -0.15) is 5.10 Å². The van der Waals surface area contributed by atoms with E-state index in [1.165, 1.54) is 6.21 Å². The summed E-state index contributed by atoms with van der Waals surface area (Å²) < 4.78 is 1.93. The molecule has 32 heavy (non-hydrogen) atoms. The zero-order valence-electron chi connectivity index (χ0n) is 17.2. The Morgan fingerprint density at radius 2 is 2.00 bits per heavy atom. The number of alkyl halides is 1. The summed E-state index contributed by atoms with van der Waals surface area (Å²) in [6.45, 7) is 0. The van der Waals surface area contributed by atoms with E-state index in [1.807, 2.05) is 47.0 Å². The predicted molar refractivity (Wildman–Crippen MR) is 128 cm³/mol. The van der Waals surface area contributed by atoms with Crippen LogP contribution >= 0.6 is 11.6 Å². The van der Waals surface area contributed by atoms with Crippen molar-refractivity contribution in [2.75, 3.05) is 5.73 Å². The van der Waals surface area contributed by atoms with Gasteiger partial charge in [0, 0.05) is 23.8 Å². The number of anilines is 1. The van der Waals surface area contributed by atoms with E-state index in [1.54, 1.807) is 12.3 Å². The summed E-state index contributed by atoms with van der Waals surface area (Å²) in [5.74, 6) is 1.44. The molecule has 1 aliphatic carbocycles. The number of nitrogens with zero attached hydrogens (tertiary/aromatic N) is 5. The van der Waals surface area contributed by atoms with Crippen LogP contribution in [0.5, 0.6) is 0 Å². The molecule has 0 bridgehead atoms. The van der Waals surface area contributed by atoms with Crippen molar-refractivity contribution in [3.05, 3.63) is 66.0 Å². The van der Waals surface area contributed by atoms with Gasteiger partial charge in [-0.25, -0.2) is 15.0 Å². The minimum Gasteiger partial charge on any atom is -0.383 e. The SMILES string of the molecule is N=C(/C=N\NC1CC1)c1ccc2nc(-c3cccnc3N)n(-c3ccc(CCl)cc3)c2n1. The van der Waals surface area contributed by atoms with Crippen LogP contribution in [0.25, 0.3) is 28.2 Å². The van der Waals surface area contributed by atoms with Crippen molar-refractivity contribution < 1.29 is 0 Å². The number of nitrogens with two attached hydrogens (primary N) is 1. The number of fused-ring (bicyclic) bond motifs is 1. The Hall–Kier alpha value is -3.78. The molecule has 4 N–H and O–H groups in total. The largest absolute Gasteiger partial charge is 0.383 e. The molecule has 160 valence electrons. The lowest BCUT2D eigenvalue weighted by Gasteiger charge is -2.11. The number of benzene rings is 1.